The fourth-order valence-corrected chi connectivity index (χ4v) is 1.90. The van der Waals surface area contributed by atoms with Crippen LogP contribution in [0.4, 0.5) is 0 Å². The molecule has 1 fully saturated rings. The maximum Gasteiger partial charge on any atom is 0.320 e. The van der Waals surface area contributed by atoms with Gasteiger partial charge in [-0.1, -0.05) is 20.8 Å². The number of carbonyl (C=O) groups is 1. The van der Waals surface area contributed by atoms with Gasteiger partial charge in [0.1, 0.15) is 6.04 Å². The van der Waals surface area contributed by atoms with E-state index >= 15 is 0 Å². The lowest BCUT2D eigenvalue weighted by Crippen LogP contribution is -2.40. The molecule has 0 aromatic carbocycles. The Morgan fingerprint density at radius 1 is 1.54 bits per heavy atom. The summed E-state index contributed by atoms with van der Waals surface area (Å²) in [6, 6.07) is -0.237. The average molecular weight is 185 g/mol. The van der Waals surface area contributed by atoms with E-state index in [9.17, 15) is 4.79 Å². The average Bonchev–Trinajstić information content (AvgIpc) is 2.31. The first-order valence-electron chi connectivity index (χ1n) is 4.87. The van der Waals surface area contributed by atoms with Crippen LogP contribution in [0, 0.1) is 5.41 Å². The number of likely N-dealkylation sites (tertiary alicyclic amines) is 1. The Kier molecular flexibility index (Phi) is 2.96. The van der Waals surface area contributed by atoms with Crippen molar-refractivity contribution in [2.45, 2.75) is 39.7 Å². The molecule has 13 heavy (non-hydrogen) atoms. The molecule has 0 spiro atoms. The molecule has 1 heterocycles. The van der Waals surface area contributed by atoms with Crippen LogP contribution in [0.15, 0.2) is 0 Å². The predicted molar refractivity (Wildman–Crippen MR) is 51.7 cm³/mol. The lowest BCUT2D eigenvalue weighted by Gasteiger charge is -2.29. The number of nitrogens with zero attached hydrogens (tertiary/aromatic N) is 1. The highest BCUT2D eigenvalue weighted by Gasteiger charge is 2.32. The van der Waals surface area contributed by atoms with Gasteiger partial charge in [0.25, 0.3) is 0 Å². The van der Waals surface area contributed by atoms with Crippen LogP contribution in [0.1, 0.15) is 33.6 Å². The van der Waals surface area contributed by atoms with Gasteiger partial charge in [-0.2, -0.15) is 0 Å². The van der Waals surface area contributed by atoms with Crippen LogP contribution in [0.5, 0.6) is 0 Å². The minimum absolute atomic E-state index is 0.192. The molecule has 76 valence electrons. The van der Waals surface area contributed by atoms with Crippen LogP contribution in [0.25, 0.3) is 0 Å². The summed E-state index contributed by atoms with van der Waals surface area (Å²) >= 11 is 0. The predicted octanol–water partition coefficient (Wildman–Crippen LogP) is 1.58. The van der Waals surface area contributed by atoms with Crippen molar-refractivity contribution in [2.75, 3.05) is 13.1 Å². The first kappa shape index (κ1) is 10.5. The van der Waals surface area contributed by atoms with E-state index in [0.29, 0.717) is 0 Å². The molecule has 1 atom stereocenters. The highest BCUT2D eigenvalue weighted by molar-refractivity contribution is 5.73. The van der Waals surface area contributed by atoms with Gasteiger partial charge in [0, 0.05) is 6.54 Å². The van der Waals surface area contributed by atoms with Gasteiger partial charge >= 0.3 is 5.97 Å². The first-order valence-corrected chi connectivity index (χ1v) is 4.87. The zero-order chi connectivity index (χ0) is 10.1. The molecule has 3 heteroatoms. The molecule has 0 saturated carbocycles. The molecular weight excluding hydrogens is 166 g/mol. The zero-order valence-corrected chi connectivity index (χ0v) is 8.71. The third-order valence-corrected chi connectivity index (χ3v) is 2.33. The molecule has 1 saturated heterocycles. The standard InChI is InChI=1S/C10H19NO2/c1-10(2,3)7-11-6-4-5-8(11)9(12)13/h8H,4-7H2,1-3H3,(H,12,13)/t8-/m0/s1. The number of carboxylic acids is 1. The second-order valence-corrected chi connectivity index (χ2v) is 5.03. The van der Waals surface area contributed by atoms with Crippen LogP contribution in [-0.2, 0) is 4.79 Å². The Labute approximate surface area is 79.7 Å². The van der Waals surface area contributed by atoms with Crippen molar-refractivity contribution in [3.8, 4) is 0 Å². The minimum atomic E-state index is -0.665. The van der Waals surface area contributed by atoms with Crippen LogP contribution in [0.2, 0.25) is 0 Å². The summed E-state index contributed by atoms with van der Waals surface area (Å²) < 4.78 is 0. The second kappa shape index (κ2) is 3.66. The molecule has 0 aromatic rings. The van der Waals surface area contributed by atoms with Crippen molar-refractivity contribution < 1.29 is 9.90 Å². The van der Waals surface area contributed by atoms with E-state index in [0.717, 1.165) is 25.9 Å². The van der Waals surface area contributed by atoms with Crippen LogP contribution < -0.4 is 0 Å². The fourth-order valence-electron chi connectivity index (χ4n) is 1.90. The molecule has 0 radical (unpaired) electrons. The normalized spacial score (nSPS) is 25.0. The van der Waals surface area contributed by atoms with E-state index in [1.165, 1.54) is 0 Å². The van der Waals surface area contributed by atoms with Gasteiger partial charge in [0.05, 0.1) is 0 Å². The number of carboxylic acid groups (broad SMARTS) is 1. The van der Waals surface area contributed by atoms with Gasteiger partial charge in [0.15, 0.2) is 0 Å². The molecule has 1 N–H and O–H groups in total. The van der Waals surface area contributed by atoms with E-state index in [2.05, 4.69) is 25.7 Å². The lowest BCUT2D eigenvalue weighted by molar-refractivity contribution is -0.142. The third-order valence-electron chi connectivity index (χ3n) is 2.33. The van der Waals surface area contributed by atoms with Gasteiger partial charge in [-0.3, -0.25) is 9.69 Å². The molecule has 0 bridgehead atoms. The van der Waals surface area contributed by atoms with Crippen molar-refractivity contribution in [1.82, 2.24) is 4.90 Å². The van der Waals surface area contributed by atoms with Crippen molar-refractivity contribution >= 4 is 5.97 Å². The molecule has 0 unspecified atom stereocenters. The van der Waals surface area contributed by atoms with Gasteiger partial charge < -0.3 is 5.11 Å². The minimum Gasteiger partial charge on any atom is -0.480 e. The molecule has 0 aromatic heterocycles. The summed E-state index contributed by atoms with van der Waals surface area (Å²) in [5, 5.41) is 8.94. The Morgan fingerprint density at radius 2 is 2.15 bits per heavy atom. The largest absolute Gasteiger partial charge is 0.480 e. The molecular formula is C10H19NO2. The fraction of sp³-hybridized carbons (Fsp3) is 0.900. The van der Waals surface area contributed by atoms with Gasteiger partial charge in [0.2, 0.25) is 0 Å². The summed E-state index contributed by atoms with van der Waals surface area (Å²) in [5.74, 6) is -0.665. The molecule has 0 aliphatic carbocycles. The quantitative estimate of drug-likeness (QED) is 0.710. The second-order valence-electron chi connectivity index (χ2n) is 5.03. The SMILES string of the molecule is CC(C)(C)CN1CCC[C@H]1C(=O)O. The molecule has 1 aliphatic rings. The molecule has 1 aliphatic heterocycles. The monoisotopic (exact) mass is 185 g/mol. The number of hydrogen-bond donors (Lipinski definition) is 1. The number of rotatable bonds is 2. The van der Waals surface area contributed by atoms with Crippen molar-refractivity contribution in [2.24, 2.45) is 5.41 Å². The maximum atomic E-state index is 10.9. The maximum absolute atomic E-state index is 10.9. The number of aliphatic carboxylic acids is 1. The van der Waals surface area contributed by atoms with E-state index in [1.54, 1.807) is 0 Å². The van der Waals surface area contributed by atoms with Gasteiger partial charge in [-0.25, -0.2) is 0 Å². The van der Waals surface area contributed by atoms with Crippen LogP contribution >= 0.6 is 0 Å². The Hall–Kier alpha value is -0.570. The topological polar surface area (TPSA) is 40.5 Å². The number of hydrogen-bond acceptors (Lipinski definition) is 2. The lowest BCUT2D eigenvalue weighted by atomic mass is 9.96. The summed E-state index contributed by atoms with van der Waals surface area (Å²) in [4.78, 5) is 12.9. The Morgan fingerprint density at radius 3 is 2.62 bits per heavy atom. The van der Waals surface area contributed by atoms with E-state index in [-0.39, 0.29) is 11.5 Å². The molecule has 0 amide bonds. The Bertz CT molecular complexity index is 196. The third kappa shape index (κ3) is 2.99. The Balaban J connectivity index is 2.54. The van der Waals surface area contributed by atoms with Crippen LogP contribution in [-0.4, -0.2) is 35.1 Å². The van der Waals surface area contributed by atoms with Crippen molar-refractivity contribution in [3.05, 3.63) is 0 Å². The van der Waals surface area contributed by atoms with E-state index in [1.807, 2.05) is 0 Å². The summed E-state index contributed by atoms with van der Waals surface area (Å²) in [6.07, 6.45) is 1.83. The van der Waals surface area contributed by atoms with E-state index < -0.39 is 5.97 Å². The molecule has 1 rings (SSSR count). The van der Waals surface area contributed by atoms with Gasteiger partial charge in [-0.15, -0.1) is 0 Å². The van der Waals surface area contributed by atoms with Crippen molar-refractivity contribution in [3.63, 3.8) is 0 Å². The molecule has 3 nitrogen and oxygen atoms in total. The van der Waals surface area contributed by atoms with E-state index in [4.69, 9.17) is 5.11 Å². The summed E-state index contributed by atoms with van der Waals surface area (Å²) in [6.45, 7) is 8.25. The summed E-state index contributed by atoms with van der Waals surface area (Å²) in [5.41, 5.74) is 0.192. The van der Waals surface area contributed by atoms with Crippen LogP contribution in [0.3, 0.4) is 0 Å². The highest BCUT2D eigenvalue weighted by atomic mass is 16.4. The summed E-state index contributed by atoms with van der Waals surface area (Å²) in [7, 11) is 0. The van der Waals surface area contributed by atoms with Crippen molar-refractivity contribution in [1.29, 1.82) is 0 Å². The zero-order valence-electron chi connectivity index (χ0n) is 8.71. The smallest absolute Gasteiger partial charge is 0.320 e. The van der Waals surface area contributed by atoms with Gasteiger partial charge in [-0.05, 0) is 24.8 Å². The highest BCUT2D eigenvalue weighted by Crippen LogP contribution is 2.23. The first-order chi connectivity index (χ1) is 5.90.